The second-order valence-electron chi connectivity index (χ2n) is 4.27. The van der Waals surface area contributed by atoms with Gasteiger partial charge in [0.25, 0.3) is 0 Å². The van der Waals surface area contributed by atoms with Gasteiger partial charge in [0.15, 0.2) is 0 Å². The number of nitrogens with zero attached hydrogens (tertiary/aromatic N) is 2. The Bertz CT molecular complexity index is 662. The lowest BCUT2D eigenvalue weighted by Crippen LogP contribution is -1.80. The Hall–Kier alpha value is -2.84. The molecule has 90 valence electrons. The van der Waals surface area contributed by atoms with E-state index in [9.17, 15) is 0 Å². The molecule has 2 aromatic rings. The fraction of sp³-hybridized carbons (Fsp3) is 0.0588. The Balaban J connectivity index is 2.29. The van der Waals surface area contributed by atoms with Gasteiger partial charge in [-0.05, 0) is 29.7 Å². The van der Waals surface area contributed by atoms with Gasteiger partial charge in [0, 0.05) is 0 Å². The van der Waals surface area contributed by atoms with E-state index >= 15 is 0 Å². The van der Waals surface area contributed by atoms with Crippen molar-refractivity contribution < 1.29 is 0 Å². The summed E-state index contributed by atoms with van der Waals surface area (Å²) in [6, 6.07) is 19.8. The third kappa shape index (κ3) is 3.09. The van der Waals surface area contributed by atoms with E-state index in [0.717, 1.165) is 16.7 Å². The van der Waals surface area contributed by atoms with Crippen LogP contribution in [0.5, 0.6) is 0 Å². The minimum atomic E-state index is 0.114. The van der Waals surface area contributed by atoms with Gasteiger partial charge < -0.3 is 0 Å². The van der Waals surface area contributed by atoms with Crippen molar-refractivity contribution in [2.75, 3.05) is 0 Å². The monoisotopic (exact) mass is 244 g/mol. The van der Waals surface area contributed by atoms with Gasteiger partial charge in [-0.3, -0.25) is 0 Å². The van der Waals surface area contributed by atoms with Crippen molar-refractivity contribution in [3.8, 4) is 23.3 Å². The molecule has 0 N–H and O–H groups in total. The maximum absolute atomic E-state index is 8.71. The largest absolute Gasteiger partial charge is 0.192 e. The van der Waals surface area contributed by atoms with Gasteiger partial charge in [0.05, 0.1) is 0 Å². The van der Waals surface area contributed by atoms with Crippen LogP contribution >= 0.6 is 0 Å². The van der Waals surface area contributed by atoms with Gasteiger partial charge in [0.2, 0.25) is 0 Å². The predicted octanol–water partition coefficient (Wildman–Crippen LogP) is 4.09. The Morgan fingerprint density at radius 1 is 0.842 bits per heavy atom. The number of hydrogen-bond donors (Lipinski definition) is 0. The van der Waals surface area contributed by atoms with Crippen LogP contribution in [0.3, 0.4) is 0 Å². The molecule has 0 amide bonds. The maximum Gasteiger partial charge on any atom is 0.130 e. The first-order valence-corrected chi connectivity index (χ1v) is 5.92. The first-order valence-electron chi connectivity index (χ1n) is 5.92. The van der Waals surface area contributed by atoms with Crippen LogP contribution < -0.4 is 0 Å². The van der Waals surface area contributed by atoms with Crippen molar-refractivity contribution in [2.24, 2.45) is 0 Å². The molecule has 0 saturated heterocycles. The number of rotatable bonds is 2. The molecular formula is C17H12N2. The van der Waals surface area contributed by atoms with Crippen LogP contribution in [-0.2, 0) is 0 Å². The van der Waals surface area contributed by atoms with Gasteiger partial charge in [-0.2, -0.15) is 10.5 Å². The summed E-state index contributed by atoms with van der Waals surface area (Å²) in [6.45, 7) is 2.06. The van der Waals surface area contributed by atoms with Gasteiger partial charge in [-0.25, -0.2) is 0 Å². The maximum atomic E-state index is 8.71. The highest BCUT2D eigenvalue weighted by molar-refractivity contribution is 5.68. The Labute approximate surface area is 112 Å². The molecule has 0 aliphatic rings. The number of aryl methyl sites for hydroxylation is 1. The average molecular weight is 244 g/mol. The lowest BCUT2D eigenvalue weighted by atomic mass is 10.0. The van der Waals surface area contributed by atoms with E-state index in [1.54, 1.807) is 6.08 Å². The molecule has 0 aliphatic heterocycles. The van der Waals surface area contributed by atoms with Gasteiger partial charge in [-0.15, -0.1) is 0 Å². The quantitative estimate of drug-likeness (QED) is 0.747. The zero-order chi connectivity index (χ0) is 13.7. The summed E-state index contributed by atoms with van der Waals surface area (Å²) in [5.41, 5.74) is 4.47. The van der Waals surface area contributed by atoms with E-state index < -0.39 is 0 Å². The Kier molecular flexibility index (Phi) is 3.76. The van der Waals surface area contributed by atoms with Gasteiger partial charge in [0.1, 0.15) is 17.7 Å². The minimum absolute atomic E-state index is 0.114. The van der Waals surface area contributed by atoms with E-state index in [1.807, 2.05) is 36.4 Å². The van der Waals surface area contributed by atoms with Crippen molar-refractivity contribution in [3.63, 3.8) is 0 Å². The molecule has 0 radical (unpaired) electrons. The van der Waals surface area contributed by atoms with Crippen molar-refractivity contribution in [1.29, 1.82) is 10.5 Å². The number of allylic oxidation sites excluding steroid dienone is 1. The summed E-state index contributed by atoms with van der Waals surface area (Å²) in [7, 11) is 0. The van der Waals surface area contributed by atoms with Crippen LogP contribution in [-0.4, -0.2) is 0 Å². The molecule has 0 spiro atoms. The molecule has 2 rings (SSSR count). The molecule has 2 heteroatoms. The lowest BCUT2D eigenvalue weighted by molar-refractivity contribution is 1.46. The first kappa shape index (κ1) is 12.6. The summed E-state index contributed by atoms with van der Waals surface area (Å²) < 4.78 is 0. The molecule has 0 aliphatic carbocycles. The lowest BCUT2D eigenvalue weighted by Gasteiger charge is -2.03. The molecule has 0 bridgehead atoms. The van der Waals surface area contributed by atoms with Crippen LogP contribution in [0, 0.1) is 29.6 Å². The zero-order valence-electron chi connectivity index (χ0n) is 10.6. The fourth-order valence-corrected chi connectivity index (χ4v) is 1.77. The molecular weight excluding hydrogens is 232 g/mol. The van der Waals surface area contributed by atoms with Crippen LogP contribution in [0.25, 0.3) is 17.2 Å². The molecule has 19 heavy (non-hydrogen) atoms. The third-order valence-corrected chi connectivity index (χ3v) is 2.85. The topological polar surface area (TPSA) is 47.6 Å². The second kappa shape index (κ2) is 5.67. The number of hydrogen-bond acceptors (Lipinski definition) is 2. The highest BCUT2D eigenvalue weighted by atomic mass is 14.3. The molecule has 0 atom stereocenters. The fourth-order valence-electron chi connectivity index (χ4n) is 1.77. The van der Waals surface area contributed by atoms with E-state index in [2.05, 4.69) is 31.2 Å². The molecule has 2 aromatic carbocycles. The van der Waals surface area contributed by atoms with Crippen LogP contribution in [0.1, 0.15) is 11.1 Å². The van der Waals surface area contributed by atoms with Crippen molar-refractivity contribution in [1.82, 2.24) is 0 Å². The van der Waals surface area contributed by atoms with E-state index in [4.69, 9.17) is 10.5 Å². The summed E-state index contributed by atoms with van der Waals surface area (Å²) >= 11 is 0. The Morgan fingerprint density at radius 2 is 1.32 bits per heavy atom. The number of nitriles is 2. The summed E-state index contributed by atoms with van der Waals surface area (Å²) in [4.78, 5) is 0. The summed E-state index contributed by atoms with van der Waals surface area (Å²) in [6.07, 6.45) is 1.58. The molecule has 0 heterocycles. The minimum Gasteiger partial charge on any atom is -0.192 e. The molecule has 0 aromatic heterocycles. The van der Waals surface area contributed by atoms with Crippen molar-refractivity contribution in [3.05, 3.63) is 65.2 Å². The molecule has 0 saturated carbocycles. The van der Waals surface area contributed by atoms with E-state index in [1.165, 1.54) is 5.56 Å². The zero-order valence-corrected chi connectivity index (χ0v) is 10.6. The van der Waals surface area contributed by atoms with Crippen LogP contribution in [0.2, 0.25) is 0 Å². The standard InChI is InChI=1S/C17H12N2/c1-13-2-6-16(7-3-13)17-8-4-14(5-9-17)10-15(11-18)12-19/h2-10H,1H3. The molecule has 2 nitrogen and oxygen atoms in total. The SMILES string of the molecule is Cc1ccc(-c2ccc(C=C(C#N)C#N)cc2)cc1. The van der Waals surface area contributed by atoms with Crippen LogP contribution in [0.4, 0.5) is 0 Å². The van der Waals surface area contributed by atoms with E-state index in [0.29, 0.717) is 0 Å². The predicted molar refractivity (Wildman–Crippen MR) is 75.8 cm³/mol. The van der Waals surface area contributed by atoms with Crippen LogP contribution in [0.15, 0.2) is 54.1 Å². The normalized spacial score (nSPS) is 9.21. The van der Waals surface area contributed by atoms with Crippen molar-refractivity contribution >= 4 is 6.08 Å². The highest BCUT2D eigenvalue weighted by Gasteiger charge is 1.98. The Morgan fingerprint density at radius 3 is 1.79 bits per heavy atom. The van der Waals surface area contributed by atoms with Gasteiger partial charge >= 0.3 is 0 Å². The summed E-state index contributed by atoms with van der Waals surface area (Å²) in [5, 5.41) is 17.4. The third-order valence-electron chi connectivity index (χ3n) is 2.85. The summed E-state index contributed by atoms with van der Waals surface area (Å²) in [5.74, 6) is 0. The molecule has 0 fully saturated rings. The number of benzene rings is 2. The highest BCUT2D eigenvalue weighted by Crippen LogP contribution is 2.21. The second-order valence-corrected chi connectivity index (χ2v) is 4.27. The van der Waals surface area contributed by atoms with E-state index in [-0.39, 0.29) is 5.57 Å². The first-order chi connectivity index (χ1) is 9.22. The smallest absolute Gasteiger partial charge is 0.130 e. The molecule has 0 unspecified atom stereocenters. The average Bonchev–Trinajstić information content (AvgIpc) is 2.46. The van der Waals surface area contributed by atoms with Gasteiger partial charge in [-0.1, -0.05) is 54.1 Å². The van der Waals surface area contributed by atoms with Crippen molar-refractivity contribution in [2.45, 2.75) is 6.92 Å².